The first-order valence-corrected chi connectivity index (χ1v) is 10.1. The molecule has 3 rings (SSSR count). The third-order valence-corrected chi connectivity index (χ3v) is 5.42. The molecular formula is C22H29N5O3. The highest BCUT2D eigenvalue weighted by Gasteiger charge is 2.27. The Hall–Kier alpha value is -3.00. The van der Waals surface area contributed by atoms with Crippen molar-refractivity contribution in [2.24, 2.45) is 5.73 Å². The number of carbonyl (C=O) groups excluding carboxylic acids is 2. The predicted molar refractivity (Wildman–Crippen MR) is 115 cm³/mol. The maximum absolute atomic E-state index is 12.3. The lowest BCUT2D eigenvalue weighted by molar-refractivity contribution is -0.133. The third kappa shape index (κ3) is 4.94. The van der Waals surface area contributed by atoms with Crippen molar-refractivity contribution in [3.05, 3.63) is 41.7 Å². The summed E-state index contributed by atoms with van der Waals surface area (Å²) >= 11 is 0. The molecule has 0 aliphatic carbocycles. The van der Waals surface area contributed by atoms with Gasteiger partial charge in [-0.25, -0.2) is 9.97 Å². The number of amides is 2. The van der Waals surface area contributed by atoms with Crippen LogP contribution in [-0.4, -0.2) is 67.6 Å². The number of nitrogens with two attached hydrogens (primary N) is 1. The van der Waals surface area contributed by atoms with Crippen LogP contribution in [0.15, 0.2) is 30.5 Å². The van der Waals surface area contributed by atoms with E-state index < -0.39 is 5.91 Å². The van der Waals surface area contributed by atoms with E-state index in [9.17, 15) is 9.59 Å². The quantitative estimate of drug-likeness (QED) is 0.748. The molecule has 2 amide bonds. The number of aromatic nitrogens is 2. The van der Waals surface area contributed by atoms with Crippen molar-refractivity contribution in [3.8, 4) is 11.1 Å². The lowest BCUT2D eigenvalue weighted by Gasteiger charge is -2.32. The van der Waals surface area contributed by atoms with Crippen LogP contribution in [0, 0.1) is 0 Å². The number of primary amides is 1. The van der Waals surface area contributed by atoms with E-state index in [0.29, 0.717) is 37.6 Å². The van der Waals surface area contributed by atoms with Gasteiger partial charge >= 0.3 is 0 Å². The van der Waals surface area contributed by atoms with Crippen LogP contribution >= 0.6 is 0 Å². The van der Waals surface area contributed by atoms with Gasteiger partial charge in [-0.2, -0.15) is 0 Å². The topological polar surface area (TPSA) is 102 Å². The zero-order valence-corrected chi connectivity index (χ0v) is 17.8. The molecule has 8 heteroatoms. The third-order valence-electron chi connectivity index (χ3n) is 5.42. The average molecular weight is 412 g/mol. The summed E-state index contributed by atoms with van der Waals surface area (Å²) in [5.74, 6) is 0.497. The van der Waals surface area contributed by atoms with E-state index in [1.165, 1.54) is 0 Å². The Morgan fingerprint density at radius 1 is 1.27 bits per heavy atom. The maximum Gasteiger partial charge on any atom is 0.248 e. The van der Waals surface area contributed by atoms with E-state index in [0.717, 1.165) is 29.7 Å². The summed E-state index contributed by atoms with van der Waals surface area (Å²) in [7, 11) is 5.42. The van der Waals surface area contributed by atoms with Gasteiger partial charge in [0.05, 0.1) is 18.7 Å². The zero-order chi connectivity index (χ0) is 21.7. The van der Waals surface area contributed by atoms with Crippen molar-refractivity contribution in [2.45, 2.75) is 25.2 Å². The molecule has 0 radical (unpaired) electrons. The van der Waals surface area contributed by atoms with Gasteiger partial charge in [0.1, 0.15) is 0 Å². The van der Waals surface area contributed by atoms with Crippen molar-refractivity contribution in [3.63, 3.8) is 0 Å². The molecule has 0 atom stereocenters. The number of benzene rings is 1. The van der Waals surface area contributed by atoms with Crippen LogP contribution < -0.4 is 10.6 Å². The highest BCUT2D eigenvalue weighted by atomic mass is 16.5. The van der Waals surface area contributed by atoms with E-state index in [4.69, 9.17) is 15.5 Å². The predicted octanol–water partition coefficient (Wildman–Crippen LogP) is 2.05. The minimum Gasteiger partial charge on any atom is -0.384 e. The number of methoxy groups -OCH3 is 1. The molecular weight excluding hydrogens is 382 g/mol. The number of piperidine rings is 1. The molecule has 1 aliphatic heterocycles. The smallest absolute Gasteiger partial charge is 0.248 e. The number of ether oxygens (including phenoxy) is 1. The number of rotatable bonds is 7. The zero-order valence-electron chi connectivity index (χ0n) is 17.8. The standard InChI is InChI=1S/C22H29N5O3/c1-26(2)22-24-14-18(16-5-4-6-17(13-16)21(23)29)20(25-22)15-7-10-27(11-8-15)19(28)9-12-30-3/h4-6,13-15H,7-12H2,1-3H3,(H2,23,29). The van der Waals surface area contributed by atoms with Crippen molar-refractivity contribution in [1.29, 1.82) is 0 Å². The van der Waals surface area contributed by atoms with Crippen LogP contribution in [-0.2, 0) is 9.53 Å². The molecule has 2 aromatic rings. The van der Waals surface area contributed by atoms with Gasteiger partial charge in [-0.3, -0.25) is 9.59 Å². The minimum absolute atomic E-state index is 0.126. The maximum atomic E-state index is 12.3. The first kappa shape index (κ1) is 21.7. The lowest BCUT2D eigenvalue weighted by atomic mass is 9.88. The molecule has 1 fully saturated rings. The highest BCUT2D eigenvalue weighted by molar-refractivity contribution is 5.94. The fourth-order valence-corrected chi connectivity index (χ4v) is 3.72. The molecule has 1 aromatic carbocycles. The Balaban J connectivity index is 1.88. The molecule has 0 unspecified atom stereocenters. The highest BCUT2D eigenvalue weighted by Crippen LogP contribution is 2.35. The van der Waals surface area contributed by atoms with E-state index in [-0.39, 0.29) is 11.8 Å². The van der Waals surface area contributed by atoms with Gasteiger partial charge in [0.15, 0.2) is 0 Å². The molecule has 1 aromatic heterocycles. The SMILES string of the molecule is COCCC(=O)N1CCC(c2nc(N(C)C)ncc2-c2cccc(C(N)=O)c2)CC1. The second-order valence-electron chi connectivity index (χ2n) is 7.71. The fourth-order valence-electron chi connectivity index (χ4n) is 3.72. The van der Waals surface area contributed by atoms with Crippen LogP contribution in [0.4, 0.5) is 5.95 Å². The first-order chi connectivity index (χ1) is 14.4. The van der Waals surface area contributed by atoms with Crippen molar-refractivity contribution in [1.82, 2.24) is 14.9 Å². The normalized spacial score (nSPS) is 14.6. The number of hydrogen-bond donors (Lipinski definition) is 1. The monoisotopic (exact) mass is 411 g/mol. The van der Waals surface area contributed by atoms with Gasteiger partial charge in [-0.1, -0.05) is 12.1 Å². The van der Waals surface area contributed by atoms with Crippen molar-refractivity contribution in [2.75, 3.05) is 45.8 Å². The number of hydrogen-bond acceptors (Lipinski definition) is 6. The summed E-state index contributed by atoms with van der Waals surface area (Å²) in [6.45, 7) is 1.82. The van der Waals surface area contributed by atoms with Gasteiger partial charge in [0.25, 0.3) is 0 Å². The summed E-state index contributed by atoms with van der Waals surface area (Å²) in [5.41, 5.74) is 8.62. The number of likely N-dealkylation sites (tertiary alicyclic amines) is 1. The van der Waals surface area contributed by atoms with Crippen LogP contribution in [0.5, 0.6) is 0 Å². The van der Waals surface area contributed by atoms with Crippen LogP contribution in [0.3, 0.4) is 0 Å². The first-order valence-electron chi connectivity index (χ1n) is 10.1. The van der Waals surface area contributed by atoms with Gasteiger partial charge in [-0.05, 0) is 30.5 Å². The average Bonchev–Trinajstić information content (AvgIpc) is 2.77. The Kier molecular flexibility index (Phi) is 6.99. The van der Waals surface area contributed by atoms with Crippen molar-refractivity contribution >= 4 is 17.8 Å². The van der Waals surface area contributed by atoms with Crippen LogP contribution in [0.2, 0.25) is 0 Å². The van der Waals surface area contributed by atoms with Crippen molar-refractivity contribution < 1.29 is 14.3 Å². The molecule has 8 nitrogen and oxygen atoms in total. The Labute approximate surface area is 177 Å². The second kappa shape index (κ2) is 9.67. The summed E-state index contributed by atoms with van der Waals surface area (Å²) in [6, 6.07) is 7.23. The summed E-state index contributed by atoms with van der Waals surface area (Å²) < 4.78 is 5.02. The van der Waals surface area contributed by atoms with Gasteiger partial charge < -0.3 is 20.3 Å². The molecule has 160 valence electrons. The molecule has 0 spiro atoms. The summed E-state index contributed by atoms with van der Waals surface area (Å²) in [4.78, 5) is 37.0. The summed E-state index contributed by atoms with van der Waals surface area (Å²) in [6.07, 6.45) is 3.87. The molecule has 0 saturated carbocycles. The van der Waals surface area contributed by atoms with Gasteiger partial charge in [0, 0.05) is 57.5 Å². The Morgan fingerprint density at radius 3 is 2.63 bits per heavy atom. The summed E-state index contributed by atoms with van der Waals surface area (Å²) in [5, 5.41) is 0. The molecule has 2 N–H and O–H groups in total. The molecule has 2 heterocycles. The molecule has 1 saturated heterocycles. The molecule has 30 heavy (non-hydrogen) atoms. The fraction of sp³-hybridized carbons (Fsp3) is 0.455. The van der Waals surface area contributed by atoms with Crippen LogP contribution in [0.25, 0.3) is 11.1 Å². The molecule has 1 aliphatic rings. The van der Waals surface area contributed by atoms with E-state index in [2.05, 4.69) is 4.98 Å². The number of carbonyl (C=O) groups is 2. The van der Waals surface area contributed by atoms with E-state index in [1.807, 2.05) is 42.2 Å². The lowest BCUT2D eigenvalue weighted by Crippen LogP contribution is -2.38. The van der Waals surface area contributed by atoms with E-state index in [1.54, 1.807) is 19.2 Å². The van der Waals surface area contributed by atoms with Crippen LogP contribution in [0.1, 0.15) is 41.2 Å². The number of anilines is 1. The second-order valence-corrected chi connectivity index (χ2v) is 7.71. The minimum atomic E-state index is -0.466. The Morgan fingerprint density at radius 2 is 2.00 bits per heavy atom. The van der Waals surface area contributed by atoms with Gasteiger partial charge in [-0.15, -0.1) is 0 Å². The number of nitrogens with zero attached hydrogens (tertiary/aromatic N) is 4. The van der Waals surface area contributed by atoms with Gasteiger partial charge in [0.2, 0.25) is 17.8 Å². The van der Waals surface area contributed by atoms with E-state index >= 15 is 0 Å². The molecule has 0 bridgehead atoms. The Bertz CT molecular complexity index is 907. The largest absolute Gasteiger partial charge is 0.384 e.